The fourth-order valence-electron chi connectivity index (χ4n) is 1.54. The molecule has 1 aromatic carbocycles. The maximum atomic E-state index is 6.26. The average Bonchev–Trinajstić information content (AvgIpc) is 2.35. The van der Waals surface area contributed by atoms with Crippen LogP contribution in [0.25, 0.3) is 0 Å². The van der Waals surface area contributed by atoms with Crippen LogP contribution >= 0.6 is 0 Å². The summed E-state index contributed by atoms with van der Waals surface area (Å²) in [5, 5.41) is 0.231. The van der Waals surface area contributed by atoms with E-state index in [0.717, 1.165) is 18.8 Å². The monoisotopic (exact) mass is 294 g/mol. The minimum absolute atomic E-state index is 0.231. The van der Waals surface area contributed by atoms with Crippen LogP contribution in [0.4, 0.5) is 0 Å². The standard InChI is InChI=1S/C17H30O2Si/c1-7-8-13-18-14-15-9-11-16(12-10-15)19-20(5,6)17(2,3)4/h9-12H,7-8,13-14H2,1-6H3. The predicted molar refractivity (Wildman–Crippen MR) is 88.8 cm³/mol. The van der Waals surface area contributed by atoms with Crippen molar-refractivity contribution >= 4 is 8.32 Å². The number of hydrogen-bond donors (Lipinski definition) is 0. The van der Waals surface area contributed by atoms with Gasteiger partial charge < -0.3 is 9.16 Å². The highest BCUT2D eigenvalue weighted by molar-refractivity contribution is 6.74. The van der Waals surface area contributed by atoms with Crippen molar-refractivity contribution in [3.63, 3.8) is 0 Å². The highest BCUT2D eigenvalue weighted by Crippen LogP contribution is 2.37. The normalized spacial score (nSPS) is 12.5. The first-order chi connectivity index (χ1) is 9.26. The molecule has 0 aliphatic carbocycles. The first kappa shape index (κ1) is 17.2. The number of ether oxygens (including phenoxy) is 1. The van der Waals surface area contributed by atoms with Gasteiger partial charge >= 0.3 is 0 Å². The molecule has 0 N–H and O–H groups in total. The topological polar surface area (TPSA) is 18.5 Å². The van der Waals surface area contributed by atoms with E-state index in [2.05, 4.69) is 65.1 Å². The van der Waals surface area contributed by atoms with E-state index in [0.29, 0.717) is 6.61 Å². The van der Waals surface area contributed by atoms with Gasteiger partial charge in [-0.1, -0.05) is 46.2 Å². The van der Waals surface area contributed by atoms with Crippen LogP contribution in [0, 0.1) is 0 Å². The van der Waals surface area contributed by atoms with Crippen LogP contribution in [-0.4, -0.2) is 14.9 Å². The van der Waals surface area contributed by atoms with Crippen molar-refractivity contribution in [1.82, 2.24) is 0 Å². The number of benzene rings is 1. The Morgan fingerprint density at radius 3 is 2.15 bits per heavy atom. The summed E-state index contributed by atoms with van der Waals surface area (Å²) in [5.41, 5.74) is 1.21. The van der Waals surface area contributed by atoms with E-state index in [4.69, 9.17) is 9.16 Å². The van der Waals surface area contributed by atoms with Gasteiger partial charge in [0.1, 0.15) is 5.75 Å². The van der Waals surface area contributed by atoms with Crippen molar-refractivity contribution in [2.24, 2.45) is 0 Å². The molecule has 0 aliphatic heterocycles. The van der Waals surface area contributed by atoms with Gasteiger partial charge in [0, 0.05) is 6.61 Å². The Labute approximate surface area is 125 Å². The molecule has 0 bridgehead atoms. The highest BCUT2D eigenvalue weighted by Gasteiger charge is 2.38. The van der Waals surface area contributed by atoms with E-state index in [1.807, 2.05) is 0 Å². The maximum Gasteiger partial charge on any atom is 0.250 e. The minimum Gasteiger partial charge on any atom is -0.544 e. The summed E-state index contributed by atoms with van der Waals surface area (Å²) in [4.78, 5) is 0. The second-order valence-corrected chi connectivity index (χ2v) is 11.6. The molecule has 0 amide bonds. The lowest BCUT2D eigenvalue weighted by atomic mass is 10.2. The van der Waals surface area contributed by atoms with E-state index in [9.17, 15) is 0 Å². The molecule has 0 unspecified atom stereocenters. The van der Waals surface area contributed by atoms with Crippen LogP contribution in [0.5, 0.6) is 5.75 Å². The van der Waals surface area contributed by atoms with E-state index in [-0.39, 0.29) is 5.04 Å². The molecule has 3 heteroatoms. The molecular formula is C17H30O2Si. The van der Waals surface area contributed by atoms with E-state index >= 15 is 0 Å². The Hall–Kier alpha value is -0.803. The van der Waals surface area contributed by atoms with Gasteiger partial charge in [-0.15, -0.1) is 0 Å². The molecule has 0 spiro atoms. The molecule has 0 aromatic heterocycles. The van der Waals surface area contributed by atoms with Crippen molar-refractivity contribution in [1.29, 1.82) is 0 Å². The van der Waals surface area contributed by atoms with Crippen molar-refractivity contribution in [2.75, 3.05) is 6.61 Å². The van der Waals surface area contributed by atoms with E-state index in [1.54, 1.807) is 0 Å². The summed E-state index contributed by atoms with van der Waals surface area (Å²) in [5.74, 6) is 0.980. The van der Waals surface area contributed by atoms with Crippen LogP contribution < -0.4 is 4.43 Å². The zero-order chi connectivity index (χ0) is 15.2. The zero-order valence-electron chi connectivity index (χ0n) is 14.0. The van der Waals surface area contributed by atoms with Crippen molar-refractivity contribution in [2.45, 2.75) is 65.3 Å². The quantitative estimate of drug-likeness (QED) is 0.496. The zero-order valence-corrected chi connectivity index (χ0v) is 15.0. The molecule has 0 heterocycles. The number of rotatable bonds is 7. The molecule has 0 radical (unpaired) electrons. The summed E-state index contributed by atoms with van der Waals surface area (Å²) >= 11 is 0. The first-order valence-electron chi connectivity index (χ1n) is 7.62. The Balaban J connectivity index is 2.54. The summed E-state index contributed by atoms with van der Waals surface area (Å²) < 4.78 is 11.9. The minimum atomic E-state index is -1.73. The smallest absolute Gasteiger partial charge is 0.250 e. The number of hydrogen-bond acceptors (Lipinski definition) is 2. The summed E-state index contributed by atoms with van der Waals surface area (Å²) in [6.07, 6.45) is 2.31. The Bertz CT molecular complexity index is 390. The van der Waals surface area contributed by atoms with Gasteiger partial charge in [-0.25, -0.2) is 0 Å². The third-order valence-electron chi connectivity index (χ3n) is 4.01. The van der Waals surface area contributed by atoms with Crippen LogP contribution in [0.1, 0.15) is 46.1 Å². The lowest BCUT2D eigenvalue weighted by Crippen LogP contribution is -2.43. The largest absolute Gasteiger partial charge is 0.544 e. The highest BCUT2D eigenvalue weighted by atomic mass is 28.4. The first-order valence-corrected chi connectivity index (χ1v) is 10.5. The Morgan fingerprint density at radius 2 is 1.65 bits per heavy atom. The van der Waals surface area contributed by atoms with Gasteiger partial charge in [0.2, 0.25) is 8.32 Å². The molecule has 1 aromatic rings. The van der Waals surface area contributed by atoms with Gasteiger partial charge in [-0.05, 0) is 42.2 Å². The molecule has 0 atom stereocenters. The van der Waals surface area contributed by atoms with Gasteiger partial charge in [0.15, 0.2) is 0 Å². The maximum absolute atomic E-state index is 6.26. The predicted octanol–water partition coefficient (Wildman–Crippen LogP) is 5.39. The molecule has 0 aliphatic rings. The SMILES string of the molecule is CCCCOCc1ccc(O[Si](C)(C)C(C)(C)C)cc1. The average molecular weight is 295 g/mol. The second kappa shape index (κ2) is 7.28. The molecule has 1 rings (SSSR count). The van der Waals surface area contributed by atoms with Gasteiger partial charge in [-0.2, -0.15) is 0 Å². The molecule has 114 valence electrons. The van der Waals surface area contributed by atoms with Crippen molar-refractivity contribution in [3.05, 3.63) is 29.8 Å². The third-order valence-corrected chi connectivity index (χ3v) is 8.37. The van der Waals surface area contributed by atoms with Gasteiger partial charge in [-0.3, -0.25) is 0 Å². The summed E-state index contributed by atoms with van der Waals surface area (Å²) in [6, 6.07) is 8.35. The van der Waals surface area contributed by atoms with Crippen LogP contribution in [0.15, 0.2) is 24.3 Å². The van der Waals surface area contributed by atoms with Gasteiger partial charge in [0.05, 0.1) is 6.61 Å². The Morgan fingerprint density at radius 1 is 1.05 bits per heavy atom. The summed E-state index contributed by atoms with van der Waals surface area (Å²) in [6.45, 7) is 15.0. The van der Waals surface area contributed by atoms with E-state index < -0.39 is 8.32 Å². The lowest BCUT2D eigenvalue weighted by molar-refractivity contribution is 0.118. The van der Waals surface area contributed by atoms with Crippen molar-refractivity contribution in [3.8, 4) is 5.75 Å². The molecular weight excluding hydrogens is 264 g/mol. The number of unbranched alkanes of at least 4 members (excludes halogenated alkanes) is 1. The molecule has 20 heavy (non-hydrogen) atoms. The van der Waals surface area contributed by atoms with Crippen LogP contribution in [0.2, 0.25) is 18.1 Å². The molecule has 2 nitrogen and oxygen atoms in total. The van der Waals surface area contributed by atoms with Crippen molar-refractivity contribution < 1.29 is 9.16 Å². The van der Waals surface area contributed by atoms with Gasteiger partial charge in [0.25, 0.3) is 0 Å². The fraction of sp³-hybridized carbons (Fsp3) is 0.647. The molecule has 0 saturated carbocycles. The summed E-state index contributed by atoms with van der Waals surface area (Å²) in [7, 11) is -1.73. The fourth-order valence-corrected chi connectivity index (χ4v) is 2.57. The molecule has 0 fully saturated rings. The van der Waals surface area contributed by atoms with Crippen LogP contribution in [-0.2, 0) is 11.3 Å². The van der Waals surface area contributed by atoms with Crippen LogP contribution in [0.3, 0.4) is 0 Å². The second-order valence-electron chi connectivity index (χ2n) is 6.91. The Kier molecular flexibility index (Phi) is 6.27. The lowest BCUT2D eigenvalue weighted by Gasteiger charge is -2.36. The third kappa shape index (κ3) is 5.29. The molecule has 0 saturated heterocycles. The van der Waals surface area contributed by atoms with E-state index in [1.165, 1.54) is 12.0 Å².